The molecule has 1 N–H and O–H groups in total. The van der Waals surface area contributed by atoms with Crippen molar-refractivity contribution in [1.29, 1.82) is 0 Å². The molecule has 0 fully saturated rings. The van der Waals surface area contributed by atoms with Gasteiger partial charge in [-0.15, -0.1) is 0 Å². The highest BCUT2D eigenvalue weighted by atomic mass is 35.5. The highest BCUT2D eigenvalue weighted by Crippen LogP contribution is 2.27. The molecule has 0 saturated heterocycles. The number of amides is 1. The first-order valence-corrected chi connectivity index (χ1v) is 9.31. The lowest BCUT2D eigenvalue weighted by Gasteiger charge is -2.10. The SMILES string of the molecule is C=CCOc1ccc2ccccc2c1/C=N/NC(=O)c1cc2cc(Cl)ccc2o1. The van der Waals surface area contributed by atoms with Gasteiger partial charge in [-0.05, 0) is 41.1 Å². The first-order chi connectivity index (χ1) is 14.2. The molecule has 0 unspecified atom stereocenters. The van der Waals surface area contributed by atoms with Crippen molar-refractivity contribution in [3.8, 4) is 5.75 Å². The minimum Gasteiger partial charge on any atom is -0.489 e. The molecule has 0 aliphatic heterocycles. The van der Waals surface area contributed by atoms with Crippen LogP contribution >= 0.6 is 11.6 Å². The summed E-state index contributed by atoms with van der Waals surface area (Å²) in [6, 6.07) is 18.5. The summed E-state index contributed by atoms with van der Waals surface area (Å²) < 4.78 is 11.3. The van der Waals surface area contributed by atoms with E-state index in [0.717, 1.165) is 21.7 Å². The van der Waals surface area contributed by atoms with Crippen LogP contribution in [0.2, 0.25) is 5.02 Å². The second-order valence-electron chi connectivity index (χ2n) is 6.29. The largest absolute Gasteiger partial charge is 0.489 e. The number of hydrazone groups is 1. The fourth-order valence-corrected chi connectivity index (χ4v) is 3.20. The maximum atomic E-state index is 12.4. The average molecular weight is 405 g/mol. The lowest BCUT2D eigenvalue weighted by Crippen LogP contribution is -2.16. The summed E-state index contributed by atoms with van der Waals surface area (Å²) in [4.78, 5) is 12.4. The second kappa shape index (κ2) is 8.20. The van der Waals surface area contributed by atoms with Crippen LogP contribution in [-0.2, 0) is 0 Å². The van der Waals surface area contributed by atoms with E-state index in [4.69, 9.17) is 20.8 Å². The molecular weight excluding hydrogens is 388 g/mol. The van der Waals surface area contributed by atoms with Gasteiger partial charge >= 0.3 is 5.91 Å². The van der Waals surface area contributed by atoms with Crippen molar-refractivity contribution in [3.63, 3.8) is 0 Å². The molecule has 4 aromatic rings. The summed E-state index contributed by atoms with van der Waals surface area (Å²) in [6.07, 6.45) is 3.24. The molecule has 0 bridgehead atoms. The minimum atomic E-state index is -0.456. The number of fused-ring (bicyclic) bond motifs is 2. The first-order valence-electron chi connectivity index (χ1n) is 8.93. The number of hydrogen-bond acceptors (Lipinski definition) is 4. The summed E-state index contributed by atoms with van der Waals surface area (Å²) in [6.45, 7) is 4.04. The smallest absolute Gasteiger partial charge is 0.307 e. The van der Waals surface area contributed by atoms with Crippen molar-refractivity contribution in [2.75, 3.05) is 6.61 Å². The Labute approximate surface area is 172 Å². The lowest BCUT2D eigenvalue weighted by atomic mass is 10.0. The molecule has 29 heavy (non-hydrogen) atoms. The van der Waals surface area contributed by atoms with Crippen molar-refractivity contribution < 1.29 is 13.9 Å². The summed E-state index contributed by atoms with van der Waals surface area (Å²) in [7, 11) is 0. The van der Waals surface area contributed by atoms with Gasteiger partial charge in [-0.1, -0.05) is 54.6 Å². The first kappa shape index (κ1) is 18.8. The van der Waals surface area contributed by atoms with Crippen molar-refractivity contribution in [2.24, 2.45) is 5.10 Å². The van der Waals surface area contributed by atoms with E-state index in [1.54, 1.807) is 36.6 Å². The van der Waals surface area contributed by atoms with Gasteiger partial charge in [0.15, 0.2) is 5.76 Å². The fraction of sp³-hybridized carbons (Fsp3) is 0.0435. The zero-order valence-electron chi connectivity index (χ0n) is 15.4. The van der Waals surface area contributed by atoms with Crippen LogP contribution in [0.15, 0.2) is 82.8 Å². The van der Waals surface area contributed by atoms with Gasteiger partial charge in [-0.25, -0.2) is 5.43 Å². The second-order valence-corrected chi connectivity index (χ2v) is 6.73. The van der Waals surface area contributed by atoms with E-state index in [2.05, 4.69) is 17.1 Å². The molecule has 1 aromatic heterocycles. The summed E-state index contributed by atoms with van der Waals surface area (Å²) in [5.74, 6) is 0.350. The zero-order chi connectivity index (χ0) is 20.2. The van der Waals surface area contributed by atoms with E-state index in [1.165, 1.54) is 0 Å². The third-order valence-electron chi connectivity index (χ3n) is 4.35. The van der Waals surface area contributed by atoms with Gasteiger partial charge in [0.1, 0.15) is 17.9 Å². The Morgan fingerprint density at radius 1 is 1.14 bits per heavy atom. The molecule has 0 radical (unpaired) electrons. The Kier molecular flexibility index (Phi) is 5.31. The molecule has 0 atom stereocenters. The summed E-state index contributed by atoms with van der Waals surface area (Å²) >= 11 is 5.97. The molecule has 0 aliphatic carbocycles. The Morgan fingerprint density at radius 2 is 2.00 bits per heavy atom. The van der Waals surface area contributed by atoms with Gasteiger partial charge < -0.3 is 9.15 Å². The van der Waals surface area contributed by atoms with Crippen molar-refractivity contribution >= 4 is 45.5 Å². The van der Waals surface area contributed by atoms with E-state index < -0.39 is 5.91 Å². The average Bonchev–Trinajstić information content (AvgIpc) is 3.16. The molecule has 4 rings (SSSR count). The Morgan fingerprint density at radius 3 is 2.86 bits per heavy atom. The third-order valence-corrected chi connectivity index (χ3v) is 4.58. The molecule has 5 nitrogen and oxygen atoms in total. The number of furan rings is 1. The minimum absolute atomic E-state index is 0.153. The number of halogens is 1. The van der Waals surface area contributed by atoms with Gasteiger partial charge in [0.2, 0.25) is 0 Å². The fourth-order valence-electron chi connectivity index (χ4n) is 3.02. The van der Waals surface area contributed by atoms with E-state index >= 15 is 0 Å². The Hall–Kier alpha value is -3.57. The van der Waals surface area contributed by atoms with E-state index in [9.17, 15) is 4.79 Å². The quantitative estimate of drug-likeness (QED) is 0.259. The van der Waals surface area contributed by atoms with Crippen LogP contribution in [0.4, 0.5) is 0 Å². The number of benzene rings is 3. The van der Waals surface area contributed by atoms with Gasteiger partial charge in [-0.3, -0.25) is 4.79 Å². The number of rotatable bonds is 6. The normalized spacial score (nSPS) is 11.2. The molecule has 144 valence electrons. The van der Waals surface area contributed by atoms with Crippen LogP contribution in [0.25, 0.3) is 21.7 Å². The van der Waals surface area contributed by atoms with E-state index in [1.807, 2.05) is 36.4 Å². The number of carbonyl (C=O) groups is 1. The number of nitrogens with zero attached hydrogens (tertiary/aromatic N) is 1. The Bertz CT molecular complexity index is 1240. The van der Waals surface area contributed by atoms with Crippen molar-refractivity contribution in [2.45, 2.75) is 0 Å². The predicted octanol–water partition coefficient (Wildman–Crippen LogP) is 5.57. The molecule has 0 aliphatic rings. The lowest BCUT2D eigenvalue weighted by molar-refractivity contribution is 0.0929. The van der Waals surface area contributed by atoms with Gasteiger partial charge in [0, 0.05) is 16.0 Å². The van der Waals surface area contributed by atoms with E-state index in [0.29, 0.717) is 23.0 Å². The van der Waals surface area contributed by atoms with Crippen molar-refractivity contribution in [3.05, 3.63) is 89.7 Å². The van der Waals surface area contributed by atoms with Crippen LogP contribution in [0.3, 0.4) is 0 Å². The number of carbonyl (C=O) groups excluding carboxylic acids is 1. The third kappa shape index (κ3) is 4.00. The number of nitrogens with one attached hydrogen (secondary N) is 1. The highest BCUT2D eigenvalue weighted by Gasteiger charge is 2.12. The van der Waals surface area contributed by atoms with Gasteiger partial charge in [0.25, 0.3) is 0 Å². The predicted molar refractivity (Wildman–Crippen MR) is 116 cm³/mol. The van der Waals surface area contributed by atoms with Gasteiger partial charge in [-0.2, -0.15) is 5.10 Å². The molecule has 6 heteroatoms. The Balaban J connectivity index is 1.60. The number of ether oxygens (including phenoxy) is 1. The maximum absolute atomic E-state index is 12.4. The van der Waals surface area contributed by atoms with E-state index in [-0.39, 0.29) is 5.76 Å². The van der Waals surface area contributed by atoms with Crippen LogP contribution in [0.1, 0.15) is 16.1 Å². The monoisotopic (exact) mass is 404 g/mol. The maximum Gasteiger partial charge on any atom is 0.307 e. The standard InChI is InChI=1S/C23H17ClN2O3/c1-2-11-28-21-9-7-15-5-3-4-6-18(15)19(21)14-25-26-23(27)22-13-16-12-17(24)8-10-20(16)29-22/h2-10,12-14H,1,11H2,(H,26,27)/b25-14+. The molecule has 0 spiro atoms. The van der Waals surface area contributed by atoms with Crippen molar-refractivity contribution in [1.82, 2.24) is 5.43 Å². The molecule has 3 aromatic carbocycles. The molecular formula is C23H17ClN2O3. The van der Waals surface area contributed by atoms with Crippen LogP contribution in [0, 0.1) is 0 Å². The van der Waals surface area contributed by atoms with Crippen LogP contribution in [-0.4, -0.2) is 18.7 Å². The summed E-state index contributed by atoms with van der Waals surface area (Å²) in [5, 5.41) is 7.44. The molecule has 1 heterocycles. The van der Waals surface area contributed by atoms with Crippen LogP contribution in [0.5, 0.6) is 5.75 Å². The summed E-state index contributed by atoms with van der Waals surface area (Å²) in [5.41, 5.74) is 3.85. The number of hydrogen-bond donors (Lipinski definition) is 1. The van der Waals surface area contributed by atoms with Gasteiger partial charge in [0.05, 0.1) is 6.21 Å². The van der Waals surface area contributed by atoms with Crippen LogP contribution < -0.4 is 10.2 Å². The molecule has 0 saturated carbocycles. The zero-order valence-corrected chi connectivity index (χ0v) is 16.1. The topological polar surface area (TPSA) is 63.8 Å². The highest BCUT2D eigenvalue weighted by molar-refractivity contribution is 6.31. The molecule has 1 amide bonds.